The van der Waals surface area contributed by atoms with Crippen LogP contribution in [0.1, 0.15) is 37.3 Å². The van der Waals surface area contributed by atoms with Gasteiger partial charge in [0.2, 0.25) is 5.91 Å². The van der Waals surface area contributed by atoms with Gasteiger partial charge in [0.05, 0.1) is 4.90 Å². The van der Waals surface area contributed by atoms with E-state index in [4.69, 9.17) is 0 Å². The Kier molecular flexibility index (Phi) is 8.85. The van der Waals surface area contributed by atoms with E-state index in [1.807, 2.05) is 30.3 Å². The molecule has 3 amide bonds. The number of rotatable bonds is 9. The van der Waals surface area contributed by atoms with E-state index in [0.29, 0.717) is 44.8 Å². The molecular weight excluding hydrogens is 440 g/mol. The molecule has 0 unspecified atom stereocenters. The summed E-state index contributed by atoms with van der Waals surface area (Å²) in [6.07, 6.45) is 3.62. The van der Waals surface area contributed by atoms with Gasteiger partial charge in [-0.1, -0.05) is 49.4 Å². The highest BCUT2D eigenvalue weighted by molar-refractivity contribution is 7.90. The lowest BCUT2D eigenvalue weighted by Gasteiger charge is -2.30. The number of carbonyl (C=O) groups is 2. The molecule has 2 aromatic carbocycles. The fourth-order valence-electron chi connectivity index (χ4n) is 3.64. The van der Waals surface area contributed by atoms with Gasteiger partial charge in [-0.25, -0.2) is 22.9 Å². The number of hydrazine groups is 1. The van der Waals surface area contributed by atoms with Gasteiger partial charge in [-0.05, 0) is 54.9 Å². The highest BCUT2D eigenvalue weighted by Gasteiger charge is 2.21. The van der Waals surface area contributed by atoms with Crippen molar-refractivity contribution in [3.63, 3.8) is 0 Å². The Labute approximate surface area is 195 Å². The first-order valence-corrected chi connectivity index (χ1v) is 12.8. The molecule has 0 atom stereocenters. The summed E-state index contributed by atoms with van der Waals surface area (Å²) in [5, 5.41) is 4.62. The SMILES string of the molecule is CC1CCN(NC(=O)NS(=O)(=O)c2ccc(CCNC(=O)CCc3ccccc3)cc2)CC1. The minimum absolute atomic E-state index is 0.0144. The summed E-state index contributed by atoms with van der Waals surface area (Å²) >= 11 is 0. The van der Waals surface area contributed by atoms with Crippen LogP contribution in [0.3, 0.4) is 0 Å². The van der Waals surface area contributed by atoms with Crippen LogP contribution in [0.15, 0.2) is 59.5 Å². The predicted octanol–water partition coefficient (Wildman–Crippen LogP) is 2.61. The number of amides is 3. The smallest absolute Gasteiger partial charge is 0.343 e. The number of nitrogens with zero attached hydrogens (tertiary/aromatic N) is 1. The molecule has 3 N–H and O–H groups in total. The third-order valence-electron chi connectivity index (χ3n) is 5.72. The van der Waals surface area contributed by atoms with E-state index < -0.39 is 16.1 Å². The molecule has 3 rings (SSSR count). The molecule has 9 heteroatoms. The second-order valence-electron chi connectivity index (χ2n) is 8.45. The maximum Gasteiger partial charge on any atom is 0.343 e. The molecule has 8 nitrogen and oxygen atoms in total. The van der Waals surface area contributed by atoms with Gasteiger partial charge in [0.25, 0.3) is 10.0 Å². The molecule has 1 aliphatic heterocycles. The monoisotopic (exact) mass is 472 g/mol. The van der Waals surface area contributed by atoms with Crippen molar-refractivity contribution in [2.24, 2.45) is 5.92 Å². The van der Waals surface area contributed by atoms with Crippen molar-refractivity contribution in [2.45, 2.75) is 43.9 Å². The van der Waals surface area contributed by atoms with Gasteiger partial charge >= 0.3 is 6.03 Å². The normalized spacial score (nSPS) is 15.1. The molecule has 0 aromatic heterocycles. The minimum atomic E-state index is -3.96. The number of piperidine rings is 1. The standard InChI is InChI=1S/C24H32N4O4S/c1-19-14-17-28(18-15-19)26-24(30)27-33(31,32)22-10-7-21(8-11-22)13-16-25-23(29)12-9-20-5-3-2-4-6-20/h2-8,10-11,19H,9,12-18H2,1H3,(H,25,29)(H2,26,27,30). The van der Waals surface area contributed by atoms with Crippen molar-refractivity contribution in [1.82, 2.24) is 20.5 Å². The van der Waals surface area contributed by atoms with E-state index in [0.717, 1.165) is 24.0 Å². The summed E-state index contributed by atoms with van der Waals surface area (Å²) in [7, 11) is -3.96. The number of aryl methyl sites for hydroxylation is 1. The Morgan fingerprint density at radius 3 is 2.24 bits per heavy atom. The zero-order valence-electron chi connectivity index (χ0n) is 18.9. The van der Waals surface area contributed by atoms with Crippen LogP contribution in [0, 0.1) is 5.92 Å². The largest absolute Gasteiger partial charge is 0.356 e. The summed E-state index contributed by atoms with van der Waals surface area (Å²) < 4.78 is 27.0. The van der Waals surface area contributed by atoms with Crippen LogP contribution < -0.4 is 15.5 Å². The van der Waals surface area contributed by atoms with Gasteiger partial charge in [0.15, 0.2) is 0 Å². The number of benzene rings is 2. The Balaban J connectivity index is 1.41. The van der Waals surface area contributed by atoms with E-state index >= 15 is 0 Å². The first-order chi connectivity index (χ1) is 15.8. The molecule has 1 fully saturated rings. The lowest BCUT2D eigenvalue weighted by molar-refractivity contribution is -0.121. The molecule has 178 valence electrons. The highest BCUT2D eigenvalue weighted by atomic mass is 32.2. The molecule has 0 radical (unpaired) electrons. The average Bonchev–Trinajstić information content (AvgIpc) is 2.80. The molecular formula is C24H32N4O4S. The van der Waals surface area contributed by atoms with Gasteiger partial charge in [-0.15, -0.1) is 0 Å². The fourth-order valence-corrected chi connectivity index (χ4v) is 4.54. The summed E-state index contributed by atoms with van der Waals surface area (Å²) in [4.78, 5) is 24.1. The van der Waals surface area contributed by atoms with Crippen molar-refractivity contribution >= 4 is 22.0 Å². The maximum atomic E-state index is 12.5. The molecule has 0 aliphatic carbocycles. The lowest BCUT2D eigenvalue weighted by atomic mass is 10.0. The molecule has 1 heterocycles. The predicted molar refractivity (Wildman–Crippen MR) is 127 cm³/mol. The summed E-state index contributed by atoms with van der Waals surface area (Å²) in [6, 6.07) is 15.4. The quantitative estimate of drug-likeness (QED) is 0.520. The van der Waals surface area contributed by atoms with Gasteiger partial charge in [-0.3, -0.25) is 10.2 Å². The van der Waals surface area contributed by atoms with Gasteiger partial charge in [0.1, 0.15) is 0 Å². The minimum Gasteiger partial charge on any atom is -0.356 e. The Hall–Kier alpha value is -2.91. The average molecular weight is 473 g/mol. The second-order valence-corrected chi connectivity index (χ2v) is 10.1. The molecule has 1 aliphatic rings. The number of sulfonamides is 1. The fraction of sp³-hybridized carbons (Fsp3) is 0.417. The van der Waals surface area contributed by atoms with Crippen LogP contribution in [0.2, 0.25) is 0 Å². The molecule has 0 saturated carbocycles. The molecule has 2 aromatic rings. The van der Waals surface area contributed by atoms with Gasteiger partial charge < -0.3 is 5.32 Å². The number of hydrogen-bond donors (Lipinski definition) is 3. The van der Waals surface area contributed by atoms with Gasteiger partial charge in [0, 0.05) is 26.1 Å². The van der Waals surface area contributed by atoms with Crippen molar-refractivity contribution < 1.29 is 18.0 Å². The third kappa shape index (κ3) is 8.18. The Morgan fingerprint density at radius 1 is 0.939 bits per heavy atom. The third-order valence-corrected chi connectivity index (χ3v) is 7.07. The maximum absolute atomic E-state index is 12.5. The van der Waals surface area contributed by atoms with E-state index in [1.54, 1.807) is 17.1 Å². The first kappa shape index (κ1) is 24.7. The van der Waals surface area contributed by atoms with E-state index in [2.05, 4.69) is 22.4 Å². The Bertz CT molecular complexity index is 1020. The number of carbonyl (C=O) groups excluding carboxylic acids is 2. The zero-order valence-corrected chi connectivity index (χ0v) is 19.7. The van der Waals surface area contributed by atoms with E-state index in [-0.39, 0.29) is 10.8 Å². The summed E-state index contributed by atoms with van der Waals surface area (Å²) in [5.41, 5.74) is 4.61. The number of nitrogens with one attached hydrogen (secondary N) is 3. The van der Waals surface area contributed by atoms with Gasteiger partial charge in [-0.2, -0.15) is 0 Å². The second kappa shape index (κ2) is 11.8. The molecule has 0 bridgehead atoms. The highest BCUT2D eigenvalue weighted by Crippen LogP contribution is 2.14. The zero-order chi connectivity index (χ0) is 23.7. The van der Waals surface area contributed by atoms with Crippen LogP contribution in [0.25, 0.3) is 0 Å². The summed E-state index contributed by atoms with van der Waals surface area (Å²) in [5.74, 6) is 0.590. The lowest BCUT2D eigenvalue weighted by Crippen LogP contribution is -2.51. The van der Waals surface area contributed by atoms with E-state index in [9.17, 15) is 18.0 Å². The topological polar surface area (TPSA) is 108 Å². The summed E-state index contributed by atoms with van der Waals surface area (Å²) in [6.45, 7) is 4.03. The van der Waals surface area contributed by atoms with Crippen molar-refractivity contribution in [1.29, 1.82) is 0 Å². The Morgan fingerprint density at radius 2 is 1.58 bits per heavy atom. The van der Waals surface area contributed by atoms with Crippen LogP contribution in [-0.4, -0.2) is 45.0 Å². The van der Waals surface area contributed by atoms with Crippen molar-refractivity contribution in [2.75, 3.05) is 19.6 Å². The van der Waals surface area contributed by atoms with Crippen LogP contribution in [0.5, 0.6) is 0 Å². The molecule has 33 heavy (non-hydrogen) atoms. The van der Waals surface area contributed by atoms with Crippen LogP contribution >= 0.6 is 0 Å². The number of hydrogen-bond acceptors (Lipinski definition) is 5. The van der Waals surface area contributed by atoms with Crippen LogP contribution in [-0.2, 0) is 27.7 Å². The first-order valence-electron chi connectivity index (χ1n) is 11.3. The van der Waals surface area contributed by atoms with Crippen molar-refractivity contribution in [3.8, 4) is 0 Å². The molecule has 1 saturated heterocycles. The van der Waals surface area contributed by atoms with Crippen molar-refractivity contribution in [3.05, 3.63) is 65.7 Å². The van der Waals surface area contributed by atoms with E-state index in [1.165, 1.54) is 12.1 Å². The van der Waals surface area contributed by atoms with Crippen LogP contribution in [0.4, 0.5) is 4.79 Å². The molecule has 0 spiro atoms. The number of urea groups is 1.